The summed E-state index contributed by atoms with van der Waals surface area (Å²) in [6.45, 7) is 4.49. The van der Waals surface area contributed by atoms with E-state index in [1.165, 1.54) is 0 Å². The summed E-state index contributed by atoms with van der Waals surface area (Å²) >= 11 is 6.26. The number of carbonyl (C=O) groups excluding carboxylic acids is 1. The number of hydrogen-bond donors (Lipinski definition) is 3. The predicted octanol–water partition coefficient (Wildman–Crippen LogP) is 2.94. The van der Waals surface area contributed by atoms with Gasteiger partial charge in [0, 0.05) is 28.0 Å². The molecule has 1 amide bonds. The second-order valence-electron chi connectivity index (χ2n) is 5.16. The standard InChI is InChI=1S/C15H19ClN2O2/c1-9(2)12-7-14-10(6-13(12)16)5-11(18-14)8-17-15(20)3-4-19/h5-7,9,18-19H,3-4,8H2,1-2H3,(H,17,20). The molecule has 2 rings (SSSR count). The summed E-state index contributed by atoms with van der Waals surface area (Å²) in [4.78, 5) is 14.6. The summed E-state index contributed by atoms with van der Waals surface area (Å²) < 4.78 is 0. The van der Waals surface area contributed by atoms with Crippen LogP contribution in [-0.4, -0.2) is 22.6 Å². The zero-order valence-corrected chi connectivity index (χ0v) is 12.4. The van der Waals surface area contributed by atoms with Gasteiger partial charge in [0.15, 0.2) is 0 Å². The number of fused-ring (bicyclic) bond motifs is 1. The highest BCUT2D eigenvalue weighted by atomic mass is 35.5. The minimum Gasteiger partial charge on any atom is -0.396 e. The van der Waals surface area contributed by atoms with E-state index in [0.717, 1.165) is 27.2 Å². The van der Waals surface area contributed by atoms with Crippen LogP contribution >= 0.6 is 11.6 Å². The third kappa shape index (κ3) is 3.32. The van der Waals surface area contributed by atoms with Gasteiger partial charge in [-0.25, -0.2) is 0 Å². The highest BCUT2D eigenvalue weighted by Crippen LogP contribution is 2.29. The number of aromatic nitrogens is 1. The number of aliphatic hydroxyl groups is 1. The minimum atomic E-state index is -0.160. The molecule has 0 spiro atoms. The zero-order valence-electron chi connectivity index (χ0n) is 11.7. The molecule has 0 radical (unpaired) electrons. The molecule has 0 aliphatic carbocycles. The van der Waals surface area contributed by atoms with Crippen molar-refractivity contribution in [2.24, 2.45) is 0 Å². The summed E-state index contributed by atoms with van der Waals surface area (Å²) in [5, 5.41) is 13.2. The molecule has 108 valence electrons. The van der Waals surface area contributed by atoms with Gasteiger partial charge < -0.3 is 15.4 Å². The Kier molecular flexibility index (Phi) is 4.68. The number of carbonyl (C=O) groups is 1. The maximum atomic E-state index is 11.3. The summed E-state index contributed by atoms with van der Waals surface area (Å²) in [6, 6.07) is 5.98. The van der Waals surface area contributed by atoms with Crippen molar-refractivity contribution in [1.29, 1.82) is 0 Å². The number of benzene rings is 1. The number of amides is 1. The molecule has 1 aromatic carbocycles. The van der Waals surface area contributed by atoms with Crippen LogP contribution in [0, 0.1) is 0 Å². The van der Waals surface area contributed by atoms with E-state index >= 15 is 0 Å². The Balaban J connectivity index is 2.19. The van der Waals surface area contributed by atoms with Crippen molar-refractivity contribution >= 4 is 28.4 Å². The number of H-pyrrole nitrogens is 1. The fraction of sp³-hybridized carbons (Fsp3) is 0.400. The van der Waals surface area contributed by atoms with E-state index in [2.05, 4.69) is 30.2 Å². The van der Waals surface area contributed by atoms with E-state index in [4.69, 9.17) is 16.7 Å². The third-order valence-electron chi connectivity index (χ3n) is 3.23. The Bertz CT molecular complexity index is 620. The highest BCUT2D eigenvalue weighted by Gasteiger charge is 2.09. The van der Waals surface area contributed by atoms with Crippen molar-refractivity contribution in [3.05, 3.63) is 34.5 Å². The highest BCUT2D eigenvalue weighted by molar-refractivity contribution is 6.32. The van der Waals surface area contributed by atoms with Crippen LogP contribution < -0.4 is 5.32 Å². The van der Waals surface area contributed by atoms with Crippen molar-refractivity contribution in [3.63, 3.8) is 0 Å². The van der Waals surface area contributed by atoms with E-state index in [9.17, 15) is 4.79 Å². The van der Waals surface area contributed by atoms with Gasteiger partial charge in [-0.15, -0.1) is 0 Å². The van der Waals surface area contributed by atoms with Gasteiger partial charge in [0.1, 0.15) is 0 Å². The first-order valence-corrected chi connectivity index (χ1v) is 7.07. The second kappa shape index (κ2) is 6.29. The summed E-state index contributed by atoms with van der Waals surface area (Å²) in [5.74, 6) is 0.204. The molecule has 5 heteroatoms. The topological polar surface area (TPSA) is 65.1 Å². The molecular weight excluding hydrogens is 276 g/mol. The Morgan fingerprint density at radius 2 is 2.15 bits per heavy atom. The molecule has 0 unspecified atom stereocenters. The molecule has 3 N–H and O–H groups in total. The fourth-order valence-electron chi connectivity index (χ4n) is 2.15. The van der Waals surface area contributed by atoms with Crippen molar-refractivity contribution in [2.45, 2.75) is 32.7 Å². The number of aromatic amines is 1. The maximum absolute atomic E-state index is 11.3. The normalized spacial score (nSPS) is 11.2. The molecule has 4 nitrogen and oxygen atoms in total. The lowest BCUT2D eigenvalue weighted by atomic mass is 10.0. The van der Waals surface area contributed by atoms with E-state index in [-0.39, 0.29) is 18.9 Å². The van der Waals surface area contributed by atoms with Crippen molar-refractivity contribution < 1.29 is 9.90 Å². The molecule has 0 saturated heterocycles. The van der Waals surface area contributed by atoms with Gasteiger partial charge in [-0.2, -0.15) is 0 Å². The quantitative estimate of drug-likeness (QED) is 0.794. The van der Waals surface area contributed by atoms with Gasteiger partial charge in [-0.3, -0.25) is 4.79 Å². The van der Waals surface area contributed by atoms with Gasteiger partial charge in [-0.05, 0) is 29.7 Å². The van der Waals surface area contributed by atoms with Crippen LogP contribution in [-0.2, 0) is 11.3 Å². The average molecular weight is 295 g/mol. The van der Waals surface area contributed by atoms with Gasteiger partial charge in [0.25, 0.3) is 0 Å². The minimum absolute atomic E-state index is 0.129. The second-order valence-corrected chi connectivity index (χ2v) is 5.57. The predicted molar refractivity (Wildman–Crippen MR) is 80.9 cm³/mol. The van der Waals surface area contributed by atoms with Crippen LogP contribution in [0.15, 0.2) is 18.2 Å². The first-order chi connectivity index (χ1) is 9.51. The van der Waals surface area contributed by atoms with Gasteiger partial charge >= 0.3 is 0 Å². The number of aliphatic hydroxyl groups excluding tert-OH is 1. The number of hydrogen-bond acceptors (Lipinski definition) is 2. The smallest absolute Gasteiger partial charge is 0.222 e. The molecule has 1 aromatic heterocycles. The molecular formula is C15H19ClN2O2. The summed E-state index contributed by atoms with van der Waals surface area (Å²) in [6.07, 6.45) is 0.129. The molecule has 2 aromatic rings. The van der Waals surface area contributed by atoms with E-state index < -0.39 is 0 Å². The van der Waals surface area contributed by atoms with E-state index in [1.807, 2.05) is 12.1 Å². The van der Waals surface area contributed by atoms with Crippen LogP contribution in [0.25, 0.3) is 10.9 Å². The Morgan fingerprint density at radius 1 is 1.40 bits per heavy atom. The average Bonchev–Trinajstić information content (AvgIpc) is 2.77. The van der Waals surface area contributed by atoms with Crippen LogP contribution in [0.3, 0.4) is 0 Å². The lowest BCUT2D eigenvalue weighted by Gasteiger charge is -2.07. The first kappa shape index (κ1) is 14.9. The zero-order chi connectivity index (χ0) is 14.7. The van der Waals surface area contributed by atoms with Gasteiger partial charge in [0.2, 0.25) is 5.91 Å². The lowest BCUT2D eigenvalue weighted by molar-refractivity contribution is -0.121. The Labute approximate surface area is 123 Å². The first-order valence-electron chi connectivity index (χ1n) is 6.70. The molecule has 0 saturated carbocycles. The Hall–Kier alpha value is -1.52. The third-order valence-corrected chi connectivity index (χ3v) is 3.56. The largest absolute Gasteiger partial charge is 0.396 e. The van der Waals surface area contributed by atoms with Crippen LogP contribution in [0.2, 0.25) is 5.02 Å². The number of nitrogens with one attached hydrogen (secondary N) is 2. The molecule has 20 heavy (non-hydrogen) atoms. The number of rotatable bonds is 5. The van der Waals surface area contributed by atoms with Gasteiger partial charge in [0.05, 0.1) is 13.2 Å². The molecule has 0 bridgehead atoms. The van der Waals surface area contributed by atoms with Crippen molar-refractivity contribution in [3.8, 4) is 0 Å². The fourth-order valence-corrected chi connectivity index (χ4v) is 2.54. The molecule has 0 aliphatic heterocycles. The summed E-state index contributed by atoms with van der Waals surface area (Å²) in [7, 11) is 0. The van der Waals surface area contributed by atoms with Crippen LogP contribution in [0.5, 0.6) is 0 Å². The number of halogens is 1. The van der Waals surface area contributed by atoms with E-state index in [1.54, 1.807) is 0 Å². The lowest BCUT2D eigenvalue weighted by Crippen LogP contribution is -2.23. The molecule has 0 fully saturated rings. The van der Waals surface area contributed by atoms with Gasteiger partial charge in [-0.1, -0.05) is 25.4 Å². The molecule has 0 aliphatic rings. The van der Waals surface area contributed by atoms with Crippen LogP contribution in [0.1, 0.15) is 37.4 Å². The Morgan fingerprint density at radius 3 is 2.80 bits per heavy atom. The van der Waals surface area contributed by atoms with Crippen LogP contribution in [0.4, 0.5) is 0 Å². The van der Waals surface area contributed by atoms with Crippen molar-refractivity contribution in [1.82, 2.24) is 10.3 Å². The molecule has 1 heterocycles. The maximum Gasteiger partial charge on any atom is 0.222 e. The van der Waals surface area contributed by atoms with Crippen molar-refractivity contribution in [2.75, 3.05) is 6.61 Å². The monoisotopic (exact) mass is 294 g/mol. The van der Waals surface area contributed by atoms with E-state index in [0.29, 0.717) is 12.5 Å². The SMILES string of the molecule is CC(C)c1cc2[nH]c(CNC(=O)CCO)cc2cc1Cl. The summed E-state index contributed by atoms with van der Waals surface area (Å²) in [5.41, 5.74) is 3.05. The molecule has 0 atom stereocenters.